The predicted octanol–water partition coefficient (Wildman–Crippen LogP) is 3.39. The number of likely N-dealkylation sites (tertiary alicyclic amines) is 1. The molecule has 1 fully saturated rings. The molecule has 5 nitrogen and oxygen atoms in total. The molecule has 0 aliphatic carbocycles. The Hall–Kier alpha value is -2.47. The number of piperidine rings is 1. The number of ether oxygens (including phenoxy) is 1. The molecule has 0 aromatic heterocycles. The van der Waals surface area contributed by atoms with E-state index in [9.17, 15) is 9.59 Å². The molecule has 0 unspecified atom stereocenters. The summed E-state index contributed by atoms with van der Waals surface area (Å²) in [5.74, 6) is 0.557. The van der Waals surface area contributed by atoms with Gasteiger partial charge in [0.2, 0.25) is 0 Å². The highest BCUT2D eigenvalue weighted by Gasteiger charge is 2.25. The van der Waals surface area contributed by atoms with Crippen molar-refractivity contribution in [2.75, 3.05) is 19.7 Å². The quantitative estimate of drug-likeness (QED) is 0.759. The Morgan fingerprint density at radius 2 is 1.82 bits per heavy atom. The van der Waals surface area contributed by atoms with Gasteiger partial charge in [0.1, 0.15) is 5.75 Å². The van der Waals surface area contributed by atoms with Crippen LogP contribution in [0.1, 0.15) is 34.3 Å². The molecule has 2 aromatic rings. The number of nitrogens with one attached hydrogen (secondary N) is 1. The highest BCUT2D eigenvalue weighted by atomic mass is 32.1. The first-order valence-electron chi connectivity index (χ1n) is 9.50. The normalized spacial score (nSPS) is 14.6. The predicted molar refractivity (Wildman–Crippen MR) is 112 cm³/mol. The second-order valence-corrected chi connectivity index (χ2v) is 7.67. The third-order valence-corrected chi connectivity index (χ3v) is 5.52. The molecule has 1 N–H and O–H groups in total. The van der Waals surface area contributed by atoms with Gasteiger partial charge in [-0.05, 0) is 62.1 Å². The highest BCUT2D eigenvalue weighted by molar-refractivity contribution is 7.80. The number of hydrogen-bond acceptors (Lipinski definition) is 4. The molecule has 148 valence electrons. The van der Waals surface area contributed by atoms with E-state index in [2.05, 4.69) is 17.9 Å². The summed E-state index contributed by atoms with van der Waals surface area (Å²) in [5, 5.41) is 3.01. The zero-order chi connectivity index (χ0) is 20.1. The van der Waals surface area contributed by atoms with Crippen LogP contribution in [0.3, 0.4) is 0 Å². The third-order valence-electron chi connectivity index (χ3n) is 5.13. The second-order valence-electron chi connectivity index (χ2n) is 7.19. The molecule has 2 aromatic carbocycles. The van der Waals surface area contributed by atoms with Crippen LogP contribution in [0.4, 0.5) is 0 Å². The maximum atomic E-state index is 12.6. The van der Waals surface area contributed by atoms with Crippen LogP contribution in [0.25, 0.3) is 0 Å². The summed E-state index contributed by atoms with van der Waals surface area (Å²) in [7, 11) is 0. The lowest BCUT2D eigenvalue weighted by Crippen LogP contribution is -2.47. The first kappa shape index (κ1) is 20.3. The molecular formula is C22H26N2O3S. The largest absolute Gasteiger partial charge is 0.484 e. The molecule has 1 aliphatic heterocycles. The number of thiol groups is 1. The van der Waals surface area contributed by atoms with Crippen molar-refractivity contribution in [3.8, 4) is 5.75 Å². The van der Waals surface area contributed by atoms with E-state index in [0.717, 1.165) is 18.4 Å². The summed E-state index contributed by atoms with van der Waals surface area (Å²) in [4.78, 5) is 27.3. The summed E-state index contributed by atoms with van der Waals surface area (Å²) in [5.41, 5.74) is 2.95. The lowest BCUT2D eigenvalue weighted by molar-refractivity contribution is -0.124. The molecule has 2 amide bonds. The van der Waals surface area contributed by atoms with Crippen LogP contribution in [0.15, 0.2) is 47.4 Å². The van der Waals surface area contributed by atoms with Gasteiger partial charge in [0.25, 0.3) is 11.8 Å². The third kappa shape index (κ3) is 5.07. The molecule has 1 saturated heterocycles. The molecule has 0 radical (unpaired) electrons. The van der Waals surface area contributed by atoms with Crippen molar-refractivity contribution in [1.82, 2.24) is 10.2 Å². The molecule has 0 atom stereocenters. The number of carbonyl (C=O) groups excluding carboxylic acids is 2. The Bertz CT molecular complexity index is 861. The minimum absolute atomic E-state index is 0.00528. The van der Waals surface area contributed by atoms with Crippen LogP contribution in [0.2, 0.25) is 0 Å². The molecular weight excluding hydrogens is 372 g/mol. The van der Waals surface area contributed by atoms with Crippen LogP contribution in [0, 0.1) is 13.8 Å². The van der Waals surface area contributed by atoms with E-state index in [-0.39, 0.29) is 24.5 Å². The van der Waals surface area contributed by atoms with E-state index < -0.39 is 0 Å². The molecule has 28 heavy (non-hydrogen) atoms. The monoisotopic (exact) mass is 398 g/mol. The van der Waals surface area contributed by atoms with Gasteiger partial charge < -0.3 is 15.0 Å². The lowest BCUT2D eigenvalue weighted by Gasteiger charge is -2.32. The van der Waals surface area contributed by atoms with E-state index in [1.807, 2.05) is 55.1 Å². The second kappa shape index (κ2) is 9.15. The number of aryl methyl sites for hydroxylation is 2. The first-order chi connectivity index (χ1) is 13.4. The summed E-state index contributed by atoms with van der Waals surface area (Å²) in [6, 6.07) is 13.2. The van der Waals surface area contributed by atoms with Crippen molar-refractivity contribution >= 4 is 24.4 Å². The number of nitrogens with zero attached hydrogens (tertiary/aromatic N) is 1. The van der Waals surface area contributed by atoms with Crippen molar-refractivity contribution in [2.24, 2.45) is 0 Å². The van der Waals surface area contributed by atoms with Crippen LogP contribution in [-0.2, 0) is 4.79 Å². The van der Waals surface area contributed by atoms with Crippen LogP contribution >= 0.6 is 12.6 Å². The van der Waals surface area contributed by atoms with E-state index in [0.29, 0.717) is 29.3 Å². The fourth-order valence-corrected chi connectivity index (χ4v) is 3.53. The average Bonchev–Trinajstić information content (AvgIpc) is 2.69. The summed E-state index contributed by atoms with van der Waals surface area (Å²) >= 11 is 4.37. The molecule has 6 heteroatoms. The fraction of sp³-hybridized carbons (Fsp3) is 0.364. The maximum absolute atomic E-state index is 12.6. The number of rotatable bonds is 5. The fourth-order valence-electron chi connectivity index (χ4n) is 3.27. The van der Waals surface area contributed by atoms with Crippen molar-refractivity contribution in [3.63, 3.8) is 0 Å². The number of benzene rings is 2. The van der Waals surface area contributed by atoms with Crippen LogP contribution in [-0.4, -0.2) is 42.5 Å². The SMILES string of the molecule is Cc1ccc(OCC(=O)NC2CCN(C(=O)c3ccccc3S)CC2)cc1C. The smallest absolute Gasteiger partial charge is 0.258 e. The average molecular weight is 399 g/mol. The van der Waals surface area contributed by atoms with Gasteiger partial charge in [0.15, 0.2) is 6.61 Å². The number of amides is 2. The lowest BCUT2D eigenvalue weighted by atomic mass is 10.0. The van der Waals surface area contributed by atoms with Crippen LogP contribution in [0.5, 0.6) is 5.75 Å². The van der Waals surface area contributed by atoms with Gasteiger partial charge >= 0.3 is 0 Å². The topological polar surface area (TPSA) is 58.6 Å². The molecule has 0 bridgehead atoms. The van der Waals surface area contributed by atoms with E-state index in [1.165, 1.54) is 5.56 Å². The van der Waals surface area contributed by atoms with Gasteiger partial charge in [-0.2, -0.15) is 0 Å². The number of carbonyl (C=O) groups is 2. The summed E-state index contributed by atoms with van der Waals surface area (Å²) < 4.78 is 5.59. The zero-order valence-corrected chi connectivity index (χ0v) is 17.2. The Kier molecular flexibility index (Phi) is 6.62. The maximum Gasteiger partial charge on any atom is 0.258 e. The molecule has 3 rings (SSSR count). The Morgan fingerprint density at radius 1 is 1.11 bits per heavy atom. The van der Waals surface area contributed by atoms with Crippen molar-refractivity contribution in [2.45, 2.75) is 37.6 Å². The van der Waals surface area contributed by atoms with Crippen LogP contribution < -0.4 is 10.1 Å². The first-order valence-corrected chi connectivity index (χ1v) is 9.95. The minimum atomic E-state index is -0.135. The van der Waals surface area contributed by atoms with Gasteiger partial charge in [0, 0.05) is 24.0 Å². The van der Waals surface area contributed by atoms with E-state index in [4.69, 9.17) is 4.74 Å². The van der Waals surface area contributed by atoms with E-state index >= 15 is 0 Å². The zero-order valence-electron chi connectivity index (χ0n) is 16.3. The molecule has 1 heterocycles. The van der Waals surface area contributed by atoms with Crippen molar-refractivity contribution in [1.29, 1.82) is 0 Å². The molecule has 0 spiro atoms. The Morgan fingerprint density at radius 3 is 2.50 bits per heavy atom. The minimum Gasteiger partial charge on any atom is -0.484 e. The summed E-state index contributed by atoms with van der Waals surface area (Å²) in [6.45, 7) is 5.28. The summed E-state index contributed by atoms with van der Waals surface area (Å²) in [6.07, 6.45) is 1.46. The van der Waals surface area contributed by atoms with Gasteiger partial charge in [0.05, 0.1) is 5.56 Å². The van der Waals surface area contributed by atoms with Gasteiger partial charge in [-0.1, -0.05) is 18.2 Å². The van der Waals surface area contributed by atoms with Gasteiger partial charge in [-0.3, -0.25) is 9.59 Å². The molecule has 0 saturated carbocycles. The molecule has 1 aliphatic rings. The Balaban J connectivity index is 1.45. The van der Waals surface area contributed by atoms with Crippen molar-refractivity contribution < 1.29 is 14.3 Å². The van der Waals surface area contributed by atoms with Gasteiger partial charge in [-0.25, -0.2) is 0 Å². The standard InChI is InChI=1S/C22H26N2O3S/c1-15-7-8-18(13-16(15)2)27-14-21(25)23-17-9-11-24(12-10-17)22(26)19-5-3-4-6-20(19)28/h3-8,13,17,28H,9-12,14H2,1-2H3,(H,23,25). The van der Waals surface area contributed by atoms with E-state index in [1.54, 1.807) is 6.07 Å². The van der Waals surface area contributed by atoms with Gasteiger partial charge in [-0.15, -0.1) is 12.6 Å². The van der Waals surface area contributed by atoms with Crippen molar-refractivity contribution in [3.05, 3.63) is 59.2 Å². The number of hydrogen-bond donors (Lipinski definition) is 2. The highest BCUT2D eigenvalue weighted by Crippen LogP contribution is 2.19. The Labute approximate surface area is 171 Å².